The Morgan fingerprint density at radius 3 is 2.71 bits per heavy atom. The molecule has 28 heavy (non-hydrogen) atoms. The molecule has 1 aromatic carbocycles. The Morgan fingerprint density at radius 2 is 1.96 bits per heavy atom. The first kappa shape index (κ1) is 18.3. The summed E-state index contributed by atoms with van der Waals surface area (Å²) in [5.41, 5.74) is 3.04. The van der Waals surface area contributed by atoms with E-state index >= 15 is 0 Å². The number of aromatic nitrogens is 3. The van der Waals surface area contributed by atoms with Gasteiger partial charge in [0, 0.05) is 25.3 Å². The van der Waals surface area contributed by atoms with Crippen molar-refractivity contribution >= 4 is 23.1 Å². The Labute approximate surface area is 164 Å². The maximum atomic E-state index is 11.9. The monoisotopic (exact) mass is 379 g/mol. The summed E-state index contributed by atoms with van der Waals surface area (Å²) in [6.07, 6.45) is 3.33. The lowest BCUT2D eigenvalue weighted by molar-refractivity contribution is 0.0983. The first-order valence-electron chi connectivity index (χ1n) is 9.78. The van der Waals surface area contributed by atoms with Crippen LogP contribution in [0.4, 0.5) is 10.7 Å². The first-order chi connectivity index (χ1) is 13.7. The molecule has 1 saturated heterocycles. The number of nitrogens with zero attached hydrogens (tertiary/aromatic N) is 4. The van der Waals surface area contributed by atoms with Crippen molar-refractivity contribution in [3.8, 4) is 0 Å². The third-order valence-electron chi connectivity index (χ3n) is 5.06. The summed E-state index contributed by atoms with van der Waals surface area (Å²) in [5.74, 6) is 0.849. The quantitative estimate of drug-likeness (QED) is 0.734. The molecular formula is C21H25N5O2. The number of hydrogen-bond donors (Lipinski definition) is 1. The number of para-hydroxylation sites is 2. The van der Waals surface area contributed by atoms with E-state index in [1.165, 1.54) is 0 Å². The minimum Gasteiger partial charge on any atom is -0.450 e. The lowest BCUT2D eigenvalue weighted by Gasteiger charge is -2.31. The van der Waals surface area contributed by atoms with Crippen LogP contribution in [0, 0.1) is 0 Å². The average molecular weight is 379 g/mol. The van der Waals surface area contributed by atoms with Crippen LogP contribution in [0.5, 0.6) is 0 Å². The van der Waals surface area contributed by atoms with Gasteiger partial charge < -0.3 is 19.5 Å². The number of likely N-dealkylation sites (tertiary alicyclic amines) is 1. The normalized spacial score (nSPS) is 15.0. The summed E-state index contributed by atoms with van der Waals surface area (Å²) in [5, 5.41) is 3.60. The van der Waals surface area contributed by atoms with Crippen LogP contribution in [-0.2, 0) is 11.3 Å². The number of pyridine rings is 1. The topological polar surface area (TPSA) is 72.3 Å². The minimum absolute atomic E-state index is 0.219. The number of carbonyl (C=O) groups is 1. The number of ether oxygens (including phenoxy) is 1. The lowest BCUT2D eigenvalue weighted by Crippen LogP contribution is -2.42. The molecule has 4 rings (SSSR count). The highest BCUT2D eigenvalue weighted by molar-refractivity contribution is 5.78. The number of carbonyl (C=O) groups excluding carboxylic acids is 1. The highest BCUT2D eigenvalue weighted by atomic mass is 16.6. The Balaban J connectivity index is 1.51. The van der Waals surface area contributed by atoms with Crippen molar-refractivity contribution in [2.24, 2.45) is 0 Å². The molecule has 0 radical (unpaired) electrons. The van der Waals surface area contributed by atoms with E-state index in [2.05, 4.69) is 20.9 Å². The summed E-state index contributed by atoms with van der Waals surface area (Å²) in [6, 6.07) is 14.4. The summed E-state index contributed by atoms with van der Waals surface area (Å²) in [6.45, 7) is 4.28. The molecule has 0 atom stereocenters. The summed E-state index contributed by atoms with van der Waals surface area (Å²) in [4.78, 5) is 22.9. The molecule has 0 bridgehead atoms. The maximum Gasteiger partial charge on any atom is 0.409 e. The van der Waals surface area contributed by atoms with Gasteiger partial charge in [-0.05, 0) is 44.0 Å². The summed E-state index contributed by atoms with van der Waals surface area (Å²) < 4.78 is 7.28. The second-order valence-corrected chi connectivity index (χ2v) is 6.94. The Kier molecular flexibility index (Phi) is 5.41. The zero-order chi connectivity index (χ0) is 19.3. The average Bonchev–Trinajstić information content (AvgIpc) is 3.06. The van der Waals surface area contributed by atoms with Crippen LogP contribution >= 0.6 is 0 Å². The molecule has 1 amide bonds. The number of nitrogens with one attached hydrogen (secondary N) is 1. The van der Waals surface area contributed by atoms with Crippen molar-refractivity contribution in [2.75, 3.05) is 25.0 Å². The maximum absolute atomic E-state index is 11.9. The van der Waals surface area contributed by atoms with Crippen LogP contribution < -0.4 is 5.32 Å². The third-order valence-corrected chi connectivity index (χ3v) is 5.06. The van der Waals surface area contributed by atoms with E-state index in [0.717, 1.165) is 35.5 Å². The van der Waals surface area contributed by atoms with Gasteiger partial charge in [-0.2, -0.15) is 0 Å². The van der Waals surface area contributed by atoms with Crippen LogP contribution in [0.15, 0.2) is 48.7 Å². The molecule has 0 aliphatic carbocycles. The van der Waals surface area contributed by atoms with Crippen molar-refractivity contribution in [3.05, 3.63) is 54.4 Å². The Morgan fingerprint density at radius 1 is 1.18 bits per heavy atom. The number of imidazole rings is 1. The fourth-order valence-electron chi connectivity index (χ4n) is 3.60. The largest absolute Gasteiger partial charge is 0.450 e. The molecule has 7 heteroatoms. The van der Waals surface area contributed by atoms with E-state index in [1.54, 1.807) is 4.90 Å². The van der Waals surface area contributed by atoms with Gasteiger partial charge in [0.2, 0.25) is 5.95 Å². The minimum atomic E-state index is -0.219. The molecule has 7 nitrogen and oxygen atoms in total. The summed E-state index contributed by atoms with van der Waals surface area (Å²) in [7, 11) is 0. The lowest BCUT2D eigenvalue weighted by atomic mass is 10.1. The molecular weight excluding hydrogens is 354 g/mol. The number of rotatable bonds is 5. The molecule has 0 spiro atoms. The van der Waals surface area contributed by atoms with Crippen molar-refractivity contribution in [1.29, 1.82) is 0 Å². The molecule has 3 aromatic rings. The van der Waals surface area contributed by atoms with Gasteiger partial charge in [-0.15, -0.1) is 0 Å². The molecule has 0 saturated carbocycles. The van der Waals surface area contributed by atoms with Crippen molar-refractivity contribution < 1.29 is 9.53 Å². The number of anilines is 1. The van der Waals surface area contributed by atoms with Gasteiger partial charge >= 0.3 is 6.09 Å². The van der Waals surface area contributed by atoms with E-state index < -0.39 is 0 Å². The third kappa shape index (κ3) is 3.93. The first-order valence-corrected chi connectivity index (χ1v) is 9.78. The molecule has 146 valence electrons. The molecule has 3 heterocycles. The fourth-order valence-corrected chi connectivity index (χ4v) is 3.60. The van der Waals surface area contributed by atoms with Gasteiger partial charge in [0.25, 0.3) is 0 Å². The van der Waals surface area contributed by atoms with Gasteiger partial charge in [0.15, 0.2) is 0 Å². The molecule has 2 aromatic heterocycles. The van der Waals surface area contributed by atoms with Crippen LogP contribution in [-0.4, -0.2) is 51.3 Å². The van der Waals surface area contributed by atoms with Gasteiger partial charge in [-0.1, -0.05) is 18.2 Å². The highest BCUT2D eigenvalue weighted by Gasteiger charge is 2.24. The van der Waals surface area contributed by atoms with Gasteiger partial charge in [-0.3, -0.25) is 4.98 Å². The standard InChI is InChI=1S/C21H25N5O2/c1-2-28-21(27)25-13-10-16(11-14-25)23-20-24-18-8-3-4-9-19(18)26(20)15-17-7-5-6-12-22-17/h3-9,12,16H,2,10-11,13-15H2,1H3,(H,23,24). The predicted molar refractivity (Wildman–Crippen MR) is 108 cm³/mol. The van der Waals surface area contributed by atoms with Crippen LogP contribution in [0.3, 0.4) is 0 Å². The van der Waals surface area contributed by atoms with Gasteiger partial charge in [0.1, 0.15) is 0 Å². The zero-order valence-corrected chi connectivity index (χ0v) is 16.0. The van der Waals surface area contributed by atoms with E-state index in [9.17, 15) is 4.79 Å². The smallest absolute Gasteiger partial charge is 0.409 e. The Bertz CT molecular complexity index is 932. The molecule has 1 N–H and O–H groups in total. The number of benzene rings is 1. The highest BCUT2D eigenvalue weighted by Crippen LogP contribution is 2.23. The number of fused-ring (bicyclic) bond motifs is 1. The second-order valence-electron chi connectivity index (χ2n) is 6.94. The molecule has 1 fully saturated rings. The van der Waals surface area contributed by atoms with Crippen molar-refractivity contribution in [3.63, 3.8) is 0 Å². The van der Waals surface area contributed by atoms with Gasteiger partial charge in [0.05, 0.1) is 29.9 Å². The SMILES string of the molecule is CCOC(=O)N1CCC(Nc2nc3ccccc3n2Cc2ccccn2)CC1. The van der Waals surface area contributed by atoms with E-state index in [4.69, 9.17) is 9.72 Å². The number of hydrogen-bond acceptors (Lipinski definition) is 5. The van der Waals surface area contributed by atoms with Crippen LogP contribution in [0.2, 0.25) is 0 Å². The summed E-state index contributed by atoms with van der Waals surface area (Å²) >= 11 is 0. The van der Waals surface area contributed by atoms with E-state index in [0.29, 0.717) is 26.2 Å². The molecule has 1 aliphatic rings. The number of piperidine rings is 1. The van der Waals surface area contributed by atoms with E-state index in [-0.39, 0.29) is 12.1 Å². The molecule has 1 aliphatic heterocycles. The van der Waals surface area contributed by atoms with E-state index in [1.807, 2.05) is 49.5 Å². The Hall–Kier alpha value is -3.09. The second kappa shape index (κ2) is 8.29. The van der Waals surface area contributed by atoms with Crippen LogP contribution in [0.1, 0.15) is 25.5 Å². The fraction of sp³-hybridized carbons (Fsp3) is 0.381. The van der Waals surface area contributed by atoms with Crippen molar-refractivity contribution in [2.45, 2.75) is 32.4 Å². The van der Waals surface area contributed by atoms with Crippen LogP contribution in [0.25, 0.3) is 11.0 Å². The van der Waals surface area contributed by atoms with Crippen molar-refractivity contribution in [1.82, 2.24) is 19.4 Å². The number of amides is 1. The molecule has 0 unspecified atom stereocenters. The van der Waals surface area contributed by atoms with Gasteiger partial charge in [-0.25, -0.2) is 9.78 Å². The predicted octanol–water partition coefficient (Wildman–Crippen LogP) is 3.51. The zero-order valence-electron chi connectivity index (χ0n) is 16.0.